The van der Waals surface area contributed by atoms with Gasteiger partial charge in [0.05, 0.1) is 5.56 Å². The standard InChI is InChI=1S/C20H17FN2O2S/c1-13-11-15(14-5-3-2-4-6-14)12-18(19(13)21)20(25)22-23-26-17-9-7-16(24)8-10-17/h2-12,23-24H,1H3,(H,22,25). The molecule has 1 amide bonds. The average molecular weight is 368 g/mol. The largest absolute Gasteiger partial charge is 0.508 e. The van der Waals surface area contributed by atoms with E-state index in [2.05, 4.69) is 10.3 Å². The summed E-state index contributed by atoms with van der Waals surface area (Å²) in [5, 5.41) is 9.25. The summed E-state index contributed by atoms with van der Waals surface area (Å²) in [6.45, 7) is 1.64. The molecule has 0 aliphatic rings. The molecule has 0 spiro atoms. The van der Waals surface area contributed by atoms with Crippen LogP contribution in [-0.2, 0) is 0 Å². The van der Waals surface area contributed by atoms with Crippen molar-refractivity contribution in [2.24, 2.45) is 0 Å². The molecule has 4 nitrogen and oxygen atoms in total. The highest BCUT2D eigenvalue weighted by molar-refractivity contribution is 7.97. The molecule has 0 saturated carbocycles. The molecule has 0 heterocycles. The second kappa shape index (κ2) is 8.03. The summed E-state index contributed by atoms with van der Waals surface area (Å²) in [5.41, 5.74) is 4.55. The second-order valence-corrected chi connectivity index (χ2v) is 6.55. The maximum atomic E-state index is 14.4. The van der Waals surface area contributed by atoms with Gasteiger partial charge in [0, 0.05) is 4.90 Å². The Labute approximate surface area is 155 Å². The highest BCUT2D eigenvalue weighted by Gasteiger charge is 2.16. The van der Waals surface area contributed by atoms with Gasteiger partial charge in [0.15, 0.2) is 0 Å². The third kappa shape index (κ3) is 4.22. The Bertz CT molecular complexity index is 915. The van der Waals surface area contributed by atoms with Crippen molar-refractivity contribution in [2.75, 3.05) is 0 Å². The topological polar surface area (TPSA) is 61.4 Å². The van der Waals surface area contributed by atoms with Gasteiger partial charge in [-0.25, -0.2) is 4.39 Å². The summed E-state index contributed by atoms with van der Waals surface area (Å²) in [4.78, 5) is 15.9. The zero-order chi connectivity index (χ0) is 18.5. The Morgan fingerprint density at radius 1 is 1.00 bits per heavy atom. The molecule has 3 rings (SSSR count). The van der Waals surface area contributed by atoms with Gasteiger partial charge in [-0.3, -0.25) is 10.2 Å². The van der Waals surface area contributed by atoms with E-state index in [1.54, 1.807) is 31.2 Å². The number of carbonyl (C=O) groups excluding carboxylic acids is 1. The number of carbonyl (C=O) groups is 1. The third-order valence-electron chi connectivity index (χ3n) is 3.78. The maximum Gasteiger partial charge on any atom is 0.269 e. The van der Waals surface area contributed by atoms with Crippen LogP contribution < -0.4 is 10.3 Å². The number of phenols is 1. The molecule has 0 aliphatic heterocycles. The van der Waals surface area contributed by atoms with Crippen LogP contribution in [0.3, 0.4) is 0 Å². The molecule has 0 fully saturated rings. The summed E-state index contributed by atoms with van der Waals surface area (Å²) in [6, 6.07) is 19.2. The number of benzene rings is 3. The summed E-state index contributed by atoms with van der Waals surface area (Å²) in [5.74, 6) is -0.943. The predicted octanol–water partition coefficient (Wildman–Crippen LogP) is 4.45. The minimum Gasteiger partial charge on any atom is -0.508 e. The SMILES string of the molecule is Cc1cc(-c2ccccc2)cc(C(=O)NNSc2ccc(O)cc2)c1F. The fraction of sp³-hybridized carbons (Fsp3) is 0.0500. The van der Waals surface area contributed by atoms with E-state index in [1.165, 1.54) is 12.1 Å². The zero-order valence-corrected chi connectivity index (χ0v) is 14.8. The van der Waals surface area contributed by atoms with E-state index < -0.39 is 11.7 Å². The molecule has 6 heteroatoms. The van der Waals surface area contributed by atoms with Gasteiger partial charge in [0.25, 0.3) is 5.91 Å². The Morgan fingerprint density at radius 3 is 2.38 bits per heavy atom. The van der Waals surface area contributed by atoms with Crippen molar-refractivity contribution >= 4 is 17.9 Å². The van der Waals surface area contributed by atoms with Gasteiger partial charge in [0.2, 0.25) is 0 Å². The molecule has 26 heavy (non-hydrogen) atoms. The molecular weight excluding hydrogens is 351 g/mol. The molecule has 0 saturated heterocycles. The molecule has 3 aromatic carbocycles. The zero-order valence-electron chi connectivity index (χ0n) is 14.0. The first-order chi connectivity index (χ1) is 12.5. The second-order valence-electron chi connectivity index (χ2n) is 5.67. The molecule has 3 aromatic rings. The number of halogens is 1. The number of aryl methyl sites for hydroxylation is 1. The van der Waals surface area contributed by atoms with E-state index in [1.807, 2.05) is 30.3 Å². The van der Waals surface area contributed by atoms with Crippen molar-refractivity contribution in [1.82, 2.24) is 10.3 Å². The average Bonchev–Trinajstić information content (AvgIpc) is 2.66. The minimum atomic E-state index is -0.561. The van der Waals surface area contributed by atoms with Gasteiger partial charge in [-0.05, 0) is 72.0 Å². The number of nitrogens with one attached hydrogen (secondary N) is 2. The fourth-order valence-electron chi connectivity index (χ4n) is 2.44. The fourth-order valence-corrected chi connectivity index (χ4v) is 2.98. The first-order valence-corrected chi connectivity index (χ1v) is 8.73. The van der Waals surface area contributed by atoms with Crippen LogP contribution in [0.5, 0.6) is 5.75 Å². The molecule has 0 aliphatic carbocycles. The van der Waals surface area contributed by atoms with E-state index in [0.717, 1.165) is 28.0 Å². The monoisotopic (exact) mass is 368 g/mol. The highest BCUT2D eigenvalue weighted by atomic mass is 32.2. The molecule has 132 valence electrons. The van der Waals surface area contributed by atoms with Gasteiger partial charge in [0.1, 0.15) is 11.6 Å². The normalized spacial score (nSPS) is 10.5. The van der Waals surface area contributed by atoms with Gasteiger partial charge < -0.3 is 5.11 Å². The number of aromatic hydroxyl groups is 1. The van der Waals surface area contributed by atoms with E-state index in [4.69, 9.17) is 0 Å². The number of amides is 1. The lowest BCUT2D eigenvalue weighted by Crippen LogP contribution is -2.33. The van der Waals surface area contributed by atoms with Crippen molar-refractivity contribution in [3.63, 3.8) is 0 Å². The predicted molar refractivity (Wildman–Crippen MR) is 101 cm³/mol. The summed E-state index contributed by atoms with van der Waals surface area (Å²) in [6.07, 6.45) is 0. The first kappa shape index (κ1) is 18.0. The van der Waals surface area contributed by atoms with Crippen LogP contribution in [0.2, 0.25) is 0 Å². The lowest BCUT2D eigenvalue weighted by molar-refractivity contribution is 0.0943. The van der Waals surface area contributed by atoms with E-state index >= 15 is 0 Å². The quantitative estimate of drug-likeness (QED) is 0.460. The molecule has 0 aromatic heterocycles. The number of rotatable bonds is 5. The lowest BCUT2D eigenvalue weighted by Gasteiger charge is -2.11. The van der Waals surface area contributed by atoms with Gasteiger partial charge in [-0.2, -0.15) is 4.83 Å². The molecule has 0 atom stereocenters. The van der Waals surface area contributed by atoms with Crippen molar-refractivity contribution < 1.29 is 14.3 Å². The van der Waals surface area contributed by atoms with Crippen LogP contribution in [0.4, 0.5) is 4.39 Å². The van der Waals surface area contributed by atoms with Gasteiger partial charge in [-0.1, -0.05) is 30.3 Å². The van der Waals surface area contributed by atoms with Gasteiger partial charge >= 0.3 is 0 Å². The van der Waals surface area contributed by atoms with Crippen LogP contribution in [0.15, 0.2) is 71.6 Å². The number of hydrazine groups is 1. The number of hydrogen-bond donors (Lipinski definition) is 3. The lowest BCUT2D eigenvalue weighted by atomic mass is 9.99. The van der Waals surface area contributed by atoms with Crippen molar-refractivity contribution in [3.8, 4) is 16.9 Å². The highest BCUT2D eigenvalue weighted by Crippen LogP contribution is 2.25. The smallest absolute Gasteiger partial charge is 0.269 e. The van der Waals surface area contributed by atoms with Crippen LogP contribution in [0, 0.1) is 12.7 Å². The minimum absolute atomic E-state index is 0.0253. The molecular formula is C20H17FN2O2S. The van der Waals surface area contributed by atoms with Crippen molar-refractivity contribution in [3.05, 3.63) is 83.7 Å². The Morgan fingerprint density at radius 2 is 1.69 bits per heavy atom. The maximum absolute atomic E-state index is 14.4. The summed E-state index contributed by atoms with van der Waals surface area (Å²) in [7, 11) is 0. The van der Waals surface area contributed by atoms with E-state index in [-0.39, 0.29) is 11.3 Å². The van der Waals surface area contributed by atoms with Crippen molar-refractivity contribution in [2.45, 2.75) is 11.8 Å². The van der Waals surface area contributed by atoms with Crippen LogP contribution in [0.1, 0.15) is 15.9 Å². The molecule has 0 bridgehead atoms. The number of hydrogen-bond acceptors (Lipinski definition) is 4. The summed E-state index contributed by atoms with van der Waals surface area (Å²) >= 11 is 1.15. The molecule has 0 unspecified atom stereocenters. The van der Waals surface area contributed by atoms with Crippen LogP contribution in [0.25, 0.3) is 11.1 Å². The van der Waals surface area contributed by atoms with E-state index in [9.17, 15) is 14.3 Å². The van der Waals surface area contributed by atoms with Crippen molar-refractivity contribution in [1.29, 1.82) is 0 Å². The van der Waals surface area contributed by atoms with Gasteiger partial charge in [-0.15, -0.1) is 0 Å². The van der Waals surface area contributed by atoms with E-state index in [0.29, 0.717) is 5.56 Å². The summed E-state index contributed by atoms with van der Waals surface area (Å²) < 4.78 is 14.4. The molecule has 3 N–H and O–H groups in total. The molecule has 0 radical (unpaired) electrons. The van der Waals surface area contributed by atoms with Crippen LogP contribution in [-0.4, -0.2) is 11.0 Å². The Hall–Kier alpha value is -2.83. The number of phenolic OH excluding ortho intramolecular Hbond substituents is 1. The first-order valence-electron chi connectivity index (χ1n) is 7.91. The third-order valence-corrected chi connectivity index (χ3v) is 4.49. The van der Waals surface area contributed by atoms with Crippen LogP contribution >= 0.6 is 11.9 Å². The Balaban J connectivity index is 1.74. The Kier molecular flexibility index (Phi) is 5.55.